The lowest BCUT2D eigenvalue weighted by molar-refractivity contribution is 0.199. The third-order valence-corrected chi connectivity index (χ3v) is 2.68. The van der Waals surface area contributed by atoms with E-state index in [-0.39, 0.29) is 0 Å². The summed E-state index contributed by atoms with van der Waals surface area (Å²) in [5.41, 5.74) is 0. The van der Waals surface area contributed by atoms with Gasteiger partial charge in [-0.1, -0.05) is 0 Å². The highest BCUT2D eigenvalue weighted by molar-refractivity contribution is 4.96. The van der Waals surface area contributed by atoms with Gasteiger partial charge in [-0.3, -0.25) is 4.68 Å². The van der Waals surface area contributed by atoms with E-state index in [1.165, 1.54) is 0 Å². The Morgan fingerprint density at radius 1 is 1.33 bits per heavy atom. The van der Waals surface area contributed by atoms with E-state index < -0.39 is 0 Å². The number of hydrogen-bond acceptors (Lipinski definition) is 5. The standard InChI is InChI=1S/C11H18N6O/c1-16-11(14-9-15-16)8-17-5-3-13-10(17)7-12-4-6-18-2/h3,5,9,12H,4,6-8H2,1-2H3. The minimum Gasteiger partial charge on any atom is -0.383 e. The van der Waals surface area contributed by atoms with Gasteiger partial charge < -0.3 is 14.6 Å². The van der Waals surface area contributed by atoms with Crippen LogP contribution in [0, 0.1) is 0 Å². The van der Waals surface area contributed by atoms with Crippen LogP contribution >= 0.6 is 0 Å². The van der Waals surface area contributed by atoms with Gasteiger partial charge in [-0.15, -0.1) is 0 Å². The van der Waals surface area contributed by atoms with Gasteiger partial charge in [-0.25, -0.2) is 9.97 Å². The molecule has 0 saturated carbocycles. The van der Waals surface area contributed by atoms with E-state index in [0.717, 1.165) is 18.2 Å². The monoisotopic (exact) mass is 250 g/mol. The van der Waals surface area contributed by atoms with Gasteiger partial charge in [-0.2, -0.15) is 5.10 Å². The van der Waals surface area contributed by atoms with Crippen LogP contribution in [0.15, 0.2) is 18.7 Å². The number of hydrogen-bond donors (Lipinski definition) is 1. The Kier molecular flexibility index (Phi) is 4.43. The molecule has 0 aliphatic rings. The van der Waals surface area contributed by atoms with Crippen molar-refractivity contribution in [2.75, 3.05) is 20.3 Å². The van der Waals surface area contributed by atoms with Gasteiger partial charge in [0.2, 0.25) is 0 Å². The first-order chi connectivity index (χ1) is 8.81. The van der Waals surface area contributed by atoms with Crippen LogP contribution in [-0.2, 0) is 24.9 Å². The molecule has 0 amide bonds. The molecule has 7 heteroatoms. The lowest BCUT2D eigenvalue weighted by Gasteiger charge is -2.08. The summed E-state index contributed by atoms with van der Waals surface area (Å²) in [6.07, 6.45) is 5.30. The van der Waals surface area contributed by atoms with E-state index in [9.17, 15) is 0 Å². The van der Waals surface area contributed by atoms with Gasteiger partial charge in [0.15, 0.2) is 0 Å². The molecular formula is C11H18N6O. The Balaban J connectivity index is 1.93. The Bertz CT molecular complexity index is 477. The predicted molar refractivity (Wildman–Crippen MR) is 65.9 cm³/mol. The molecule has 0 radical (unpaired) electrons. The smallest absolute Gasteiger partial charge is 0.146 e. The summed E-state index contributed by atoms with van der Waals surface area (Å²) in [7, 11) is 3.58. The zero-order valence-electron chi connectivity index (χ0n) is 10.7. The number of aryl methyl sites for hydroxylation is 1. The SMILES string of the molecule is COCCNCc1nccn1Cc1ncnn1C. The van der Waals surface area contributed by atoms with Crippen molar-refractivity contribution in [2.24, 2.45) is 7.05 Å². The molecule has 0 fully saturated rings. The molecule has 0 aliphatic carbocycles. The van der Waals surface area contributed by atoms with Gasteiger partial charge in [0.05, 0.1) is 19.7 Å². The fraction of sp³-hybridized carbons (Fsp3) is 0.545. The van der Waals surface area contributed by atoms with Gasteiger partial charge in [0.25, 0.3) is 0 Å². The molecule has 0 unspecified atom stereocenters. The quantitative estimate of drug-likeness (QED) is 0.689. The number of nitrogens with one attached hydrogen (secondary N) is 1. The summed E-state index contributed by atoms with van der Waals surface area (Å²) in [5.74, 6) is 1.89. The van der Waals surface area contributed by atoms with Gasteiger partial charge in [0.1, 0.15) is 18.0 Å². The summed E-state index contributed by atoms with van der Waals surface area (Å²) >= 11 is 0. The molecule has 7 nitrogen and oxygen atoms in total. The van der Waals surface area contributed by atoms with Crippen molar-refractivity contribution in [3.63, 3.8) is 0 Å². The van der Waals surface area contributed by atoms with Crippen molar-refractivity contribution in [1.82, 2.24) is 29.6 Å². The molecule has 2 heterocycles. The Hall–Kier alpha value is -1.73. The second kappa shape index (κ2) is 6.27. The largest absolute Gasteiger partial charge is 0.383 e. The van der Waals surface area contributed by atoms with Crippen molar-refractivity contribution in [3.8, 4) is 0 Å². The Morgan fingerprint density at radius 3 is 2.94 bits per heavy atom. The molecule has 0 saturated heterocycles. The zero-order valence-corrected chi connectivity index (χ0v) is 10.7. The van der Waals surface area contributed by atoms with Crippen LogP contribution in [0.3, 0.4) is 0 Å². The van der Waals surface area contributed by atoms with E-state index in [1.807, 2.05) is 13.2 Å². The summed E-state index contributed by atoms with van der Waals surface area (Å²) in [4.78, 5) is 8.53. The molecule has 0 aromatic carbocycles. The number of methoxy groups -OCH3 is 1. The predicted octanol–water partition coefficient (Wildman–Crippen LogP) is -0.204. The van der Waals surface area contributed by atoms with Gasteiger partial charge >= 0.3 is 0 Å². The maximum Gasteiger partial charge on any atom is 0.146 e. The van der Waals surface area contributed by atoms with E-state index in [4.69, 9.17) is 4.74 Å². The average Bonchev–Trinajstić information content (AvgIpc) is 2.96. The minimum absolute atomic E-state index is 0.678. The van der Waals surface area contributed by atoms with Crippen molar-refractivity contribution < 1.29 is 4.74 Å². The molecule has 0 bridgehead atoms. The molecule has 0 spiro atoms. The van der Waals surface area contributed by atoms with Crippen LogP contribution in [0.5, 0.6) is 0 Å². The molecule has 2 aromatic heterocycles. The molecule has 18 heavy (non-hydrogen) atoms. The van der Waals surface area contributed by atoms with E-state index in [0.29, 0.717) is 19.7 Å². The van der Waals surface area contributed by atoms with E-state index >= 15 is 0 Å². The number of aromatic nitrogens is 5. The third kappa shape index (κ3) is 3.14. The van der Waals surface area contributed by atoms with Crippen molar-refractivity contribution in [3.05, 3.63) is 30.4 Å². The zero-order chi connectivity index (χ0) is 12.8. The summed E-state index contributed by atoms with van der Waals surface area (Å²) < 4.78 is 8.81. The maximum atomic E-state index is 4.98. The Morgan fingerprint density at radius 2 is 2.22 bits per heavy atom. The first-order valence-electron chi connectivity index (χ1n) is 5.84. The Labute approximate surface area is 106 Å². The molecular weight excluding hydrogens is 232 g/mol. The molecule has 98 valence electrons. The van der Waals surface area contributed by atoms with Gasteiger partial charge in [0, 0.05) is 33.1 Å². The average molecular weight is 250 g/mol. The fourth-order valence-electron chi connectivity index (χ4n) is 1.64. The molecule has 1 N–H and O–H groups in total. The highest BCUT2D eigenvalue weighted by atomic mass is 16.5. The first kappa shape index (κ1) is 12.7. The number of nitrogens with zero attached hydrogens (tertiary/aromatic N) is 5. The lowest BCUT2D eigenvalue weighted by atomic mass is 10.5. The second-order valence-electron chi connectivity index (χ2n) is 3.94. The highest BCUT2D eigenvalue weighted by Gasteiger charge is 2.06. The highest BCUT2D eigenvalue weighted by Crippen LogP contribution is 2.02. The van der Waals surface area contributed by atoms with Crippen molar-refractivity contribution >= 4 is 0 Å². The summed E-state index contributed by atoms with van der Waals surface area (Å²) in [6, 6.07) is 0. The minimum atomic E-state index is 0.678. The van der Waals surface area contributed by atoms with Crippen LogP contribution in [0.2, 0.25) is 0 Å². The number of ether oxygens (including phenoxy) is 1. The molecule has 2 rings (SSSR count). The van der Waals surface area contributed by atoms with E-state index in [2.05, 4.69) is 25.0 Å². The van der Waals surface area contributed by atoms with Crippen LogP contribution in [-0.4, -0.2) is 44.6 Å². The second-order valence-corrected chi connectivity index (χ2v) is 3.94. The third-order valence-electron chi connectivity index (χ3n) is 2.68. The van der Waals surface area contributed by atoms with Crippen LogP contribution < -0.4 is 5.32 Å². The van der Waals surface area contributed by atoms with Crippen LogP contribution in [0.4, 0.5) is 0 Å². The molecule has 0 atom stereocenters. The first-order valence-corrected chi connectivity index (χ1v) is 5.84. The fourth-order valence-corrected chi connectivity index (χ4v) is 1.64. The van der Waals surface area contributed by atoms with Crippen LogP contribution in [0.1, 0.15) is 11.6 Å². The number of rotatable bonds is 7. The topological polar surface area (TPSA) is 69.8 Å². The van der Waals surface area contributed by atoms with E-state index in [1.54, 1.807) is 24.3 Å². The molecule has 2 aromatic rings. The summed E-state index contributed by atoms with van der Waals surface area (Å²) in [5, 5.41) is 7.33. The van der Waals surface area contributed by atoms with Gasteiger partial charge in [-0.05, 0) is 0 Å². The maximum absolute atomic E-state index is 4.98. The lowest BCUT2D eigenvalue weighted by Crippen LogP contribution is -2.21. The van der Waals surface area contributed by atoms with Crippen molar-refractivity contribution in [2.45, 2.75) is 13.1 Å². The molecule has 0 aliphatic heterocycles. The number of imidazole rings is 1. The van der Waals surface area contributed by atoms with Crippen LogP contribution in [0.25, 0.3) is 0 Å². The normalized spacial score (nSPS) is 11.0. The van der Waals surface area contributed by atoms with Crippen molar-refractivity contribution in [1.29, 1.82) is 0 Å². The summed E-state index contributed by atoms with van der Waals surface area (Å²) in [6.45, 7) is 2.91.